The summed E-state index contributed by atoms with van der Waals surface area (Å²) in [6, 6.07) is 9.03. The minimum atomic E-state index is -0.355. The Morgan fingerprint density at radius 2 is 2.04 bits per heavy atom. The number of pyridine rings is 1. The first-order chi connectivity index (χ1) is 11.6. The molecule has 3 aromatic heterocycles. The minimum Gasteiger partial charge on any atom is -0.273 e. The molecule has 0 spiro atoms. The SMILES string of the molecule is O=C(Cc1csc(-c2ccccn2)n1)NNC(=O)c1ccc(Br)s1. The standard InChI is InChI=1S/C15H11BrN4O2S2/c16-12-5-4-11(24-12)14(22)20-19-13(21)7-9-8-23-15(18-9)10-3-1-2-6-17-10/h1-6,8H,7H2,(H,19,21)(H,20,22). The molecule has 0 saturated carbocycles. The average molecular weight is 423 g/mol. The van der Waals surface area contributed by atoms with Gasteiger partial charge in [0.2, 0.25) is 5.91 Å². The lowest BCUT2D eigenvalue weighted by Crippen LogP contribution is -2.42. The molecular formula is C15H11BrN4O2S2. The third-order valence-electron chi connectivity index (χ3n) is 2.89. The number of rotatable bonds is 4. The van der Waals surface area contributed by atoms with Crippen LogP contribution in [-0.2, 0) is 11.2 Å². The number of halogens is 1. The average Bonchev–Trinajstić information content (AvgIpc) is 3.23. The van der Waals surface area contributed by atoms with Gasteiger partial charge < -0.3 is 0 Å². The number of aromatic nitrogens is 2. The second-order valence-corrected chi connectivity index (χ2v) is 7.96. The number of thiophene rings is 1. The number of carbonyl (C=O) groups is 2. The predicted octanol–water partition coefficient (Wildman–Crippen LogP) is 3.03. The van der Waals surface area contributed by atoms with Gasteiger partial charge in [0.15, 0.2) is 0 Å². The fourth-order valence-corrected chi connectivity index (χ4v) is 3.90. The molecule has 9 heteroatoms. The highest BCUT2D eigenvalue weighted by molar-refractivity contribution is 9.11. The number of hydrazine groups is 1. The maximum atomic E-state index is 11.9. The summed E-state index contributed by atoms with van der Waals surface area (Å²) in [5, 5.41) is 2.56. The van der Waals surface area contributed by atoms with Crippen molar-refractivity contribution in [1.82, 2.24) is 20.8 Å². The second-order valence-electron chi connectivity index (χ2n) is 4.64. The fourth-order valence-electron chi connectivity index (χ4n) is 1.83. The molecule has 0 radical (unpaired) electrons. The van der Waals surface area contributed by atoms with Crippen LogP contribution in [0.15, 0.2) is 45.7 Å². The quantitative estimate of drug-likeness (QED) is 0.632. The number of carbonyl (C=O) groups excluding carboxylic acids is 2. The molecule has 24 heavy (non-hydrogen) atoms. The van der Waals surface area contributed by atoms with Crippen molar-refractivity contribution < 1.29 is 9.59 Å². The van der Waals surface area contributed by atoms with E-state index in [4.69, 9.17) is 0 Å². The van der Waals surface area contributed by atoms with E-state index < -0.39 is 0 Å². The van der Waals surface area contributed by atoms with E-state index in [2.05, 4.69) is 36.7 Å². The molecule has 3 aromatic rings. The lowest BCUT2D eigenvalue weighted by molar-refractivity contribution is -0.121. The Labute approximate surface area is 154 Å². The Kier molecular flexibility index (Phi) is 5.34. The molecule has 2 amide bonds. The molecular weight excluding hydrogens is 412 g/mol. The van der Waals surface area contributed by atoms with Crippen LogP contribution in [-0.4, -0.2) is 21.8 Å². The normalized spacial score (nSPS) is 10.4. The smallest absolute Gasteiger partial charge is 0.273 e. The summed E-state index contributed by atoms with van der Waals surface area (Å²) in [7, 11) is 0. The predicted molar refractivity (Wildman–Crippen MR) is 96.7 cm³/mol. The van der Waals surface area contributed by atoms with Crippen molar-refractivity contribution in [2.24, 2.45) is 0 Å². The van der Waals surface area contributed by atoms with Gasteiger partial charge in [0.05, 0.1) is 26.5 Å². The monoisotopic (exact) mass is 422 g/mol. The summed E-state index contributed by atoms with van der Waals surface area (Å²) in [5.74, 6) is -0.691. The van der Waals surface area contributed by atoms with E-state index in [-0.39, 0.29) is 18.2 Å². The number of hydrogen-bond donors (Lipinski definition) is 2. The van der Waals surface area contributed by atoms with Crippen molar-refractivity contribution in [2.45, 2.75) is 6.42 Å². The van der Waals surface area contributed by atoms with E-state index in [1.165, 1.54) is 22.7 Å². The first kappa shape index (κ1) is 16.7. The van der Waals surface area contributed by atoms with Gasteiger partial charge in [0.25, 0.3) is 5.91 Å². The molecule has 0 fully saturated rings. The molecule has 0 atom stereocenters. The molecule has 0 unspecified atom stereocenters. The Balaban J connectivity index is 1.54. The number of nitrogens with one attached hydrogen (secondary N) is 2. The second kappa shape index (κ2) is 7.65. The van der Waals surface area contributed by atoms with E-state index in [0.717, 1.165) is 14.5 Å². The molecule has 6 nitrogen and oxygen atoms in total. The van der Waals surface area contributed by atoms with E-state index in [0.29, 0.717) is 10.6 Å². The Morgan fingerprint density at radius 3 is 2.75 bits per heavy atom. The third kappa shape index (κ3) is 4.25. The maximum Gasteiger partial charge on any atom is 0.279 e. The van der Waals surface area contributed by atoms with Crippen molar-refractivity contribution in [1.29, 1.82) is 0 Å². The summed E-state index contributed by atoms with van der Waals surface area (Å²) in [6.45, 7) is 0. The highest BCUT2D eigenvalue weighted by Crippen LogP contribution is 2.22. The first-order valence-electron chi connectivity index (χ1n) is 6.82. The molecule has 0 aliphatic carbocycles. The van der Waals surface area contributed by atoms with Crippen LogP contribution >= 0.6 is 38.6 Å². The number of thiazole rings is 1. The zero-order valence-electron chi connectivity index (χ0n) is 12.2. The molecule has 2 N–H and O–H groups in total. The largest absolute Gasteiger partial charge is 0.279 e. The summed E-state index contributed by atoms with van der Waals surface area (Å²) >= 11 is 6.00. The molecule has 0 aliphatic heterocycles. The lowest BCUT2D eigenvalue weighted by atomic mass is 10.3. The van der Waals surface area contributed by atoms with Crippen LogP contribution in [0.1, 0.15) is 15.4 Å². The van der Waals surface area contributed by atoms with Gasteiger partial charge in [-0.25, -0.2) is 4.98 Å². The van der Waals surface area contributed by atoms with Gasteiger partial charge in [-0.1, -0.05) is 6.07 Å². The first-order valence-corrected chi connectivity index (χ1v) is 9.31. The van der Waals surface area contributed by atoms with Crippen molar-refractivity contribution in [3.63, 3.8) is 0 Å². The molecule has 3 heterocycles. The van der Waals surface area contributed by atoms with Crippen LogP contribution in [0.3, 0.4) is 0 Å². The topological polar surface area (TPSA) is 84.0 Å². The van der Waals surface area contributed by atoms with Crippen molar-refractivity contribution in [3.8, 4) is 10.7 Å². The minimum absolute atomic E-state index is 0.0811. The van der Waals surface area contributed by atoms with Gasteiger partial charge in [-0.3, -0.25) is 25.4 Å². The summed E-state index contributed by atoms with van der Waals surface area (Å²) in [5.41, 5.74) is 6.17. The number of hydrogen-bond acceptors (Lipinski definition) is 6. The molecule has 3 rings (SSSR count). The highest BCUT2D eigenvalue weighted by Gasteiger charge is 2.12. The van der Waals surface area contributed by atoms with E-state index in [1.54, 1.807) is 18.3 Å². The van der Waals surface area contributed by atoms with E-state index in [9.17, 15) is 9.59 Å². The van der Waals surface area contributed by atoms with Crippen LogP contribution in [0, 0.1) is 0 Å². The number of nitrogens with zero attached hydrogens (tertiary/aromatic N) is 2. The summed E-state index contributed by atoms with van der Waals surface area (Å²) in [6.07, 6.45) is 1.78. The molecule has 0 bridgehead atoms. The summed E-state index contributed by atoms with van der Waals surface area (Å²) in [4.78, 5) is 32.9. The zero-order chi connectivity index (χ0) is 16.9. The third-order valence-corrected chi connectivity index (χ3v) is 5.43. The van der Waals surface area contributed by atoms with Crippen molar-refractivity contribution >= 4 is 50.4 Å². The van der Waals surface area contributed by atoms with Gasteiger partial charge >= 0.3 is 0 Å². The molecule has 0 aromatic carbocycles. The van der Waals surface area contributed by atoms with Gasteiger partial charge in [0, 0.05) is 11.6 Å². The Bertz CT molecular complexity index is 863. The summed E-state index contributed by atoms with van der Waals surface area (Å²) < 4.78 is 0.850. The van der Waals surface area contributed by atoms with Crippen molar-refractivity contribution in [2.75, 3.05) is 0 Å². The van der Waals surface area contributed by atoms with Crippen LogP contribution in [0.2, 0.25) is 0 Å². The molecule has 0 aliphatic rings. The Morgan fingerprint density at radius 1 is 1.17 bits per heavy atom. The lowest BCUT2D eigenvalue weighted by Gasteiger charge is -2.04. The van der Waals surface area contributed by atoms with Gasteiger partial charge in [-0.2, -0.15) is 0 Å². The highest BCUT2D eigenvalue weighted by atomic mass is 79.9. The van der Waals surface area contributed by atoms with Crippen molar-refractivity contribution in [3.05, 3.63) is 56.3 Å². The maximum absolute atomic E-state index is 11.9. The van der Waals surface area contributed by atoms with Crippen LogP contribution in [0.4, 0.5) is 0 Å². The molecule has 122 valence electrons. The molecule has 0 saturated heterocycles. The van der Waals surface area contributed by atoms with Crippen LogP contribution in [0.5, 0.6) is 0 Å². The van der Waals surface area contributed by atoms with Crippen LogP contribution in [0.25, 0.3) is 10.7 Å². The van der Waals surface area contributed by atoms with E-state index in [1.807, 2.05) is 23.6 Å². The number of amides is 2. The van der Waals surface area contributed by atoms with Gasteiger partial charge in [0.1, 0.15) is 5.01 Å². The zero-order valence-corrected chi connectivity index (χ0v) is 15.4. The van der Waals surface area contributed by atoms with Crippen LogP contribution < -0.4 is 10.9 Å². The van der Waals surface area contributed by atoms with E-state index >= 15 is 0 Å². The van der Waals surface area contributed by atoms with Gasteiger partial charge in [-0.15, -0.1) is 22.7 Å². The fraction of sp³-hybridized carbons (Fsp3) is 0.0667. The Hall–Kier alpha value is -2.10. The van der Waals surface area contributed by atoms with Gasteiger partial charge in [-0.05, 0) is 40.2 Å².